The third-order valence-corrected chi connectivity index (χ3v) is 2.75. The first-order chi connectivity index (χ1) is 6.79. The fraction of sp³-hybridized carbons (Fsp3) is 0.700. The molecule has 0 radical (unpaired) electrons. The quantitative estimate of drug-likeness (QED) is 0.538. The van der Waals surface area contributed by atoms with Crippen molar-refractivity contribution in [2.75, 3.05) is 18.8 Å². The van der Waals surface area contributed by atoms with Crippen LogP contribution in [0.25, 0.3) is 0 Å². The van der Waals surface area contributed by atoms with Crippen molar-refractivity contribution in [1.29, 1.82) is 0 Å². The second-order valence-electron chi connectivity index (χ2n) is 3.69. The molecular formula is C10H19N3S. The highest BCUT2D eigenvalue weighted by molar-refractivity contribution is 7.99. The fourth-order valence-electron chi connectivity index (χ4n) is 1.09. The van der Waals surface area contributed by atoms with Gasteiger partial charge in [0.2, 0.25) is 0 Å². The van der Waals surface area contributed by atoms with Crippen LogP contribution in [0.4, 0.5) is 0 Å². The number of thioether (sulfide) groups is 1. The molecule has 0 saturated heterocycles. The molecule has 1 aromatic heterocycles. The lowest BCUT2D eigenvalue weighted by Crippen LogP contribution is -2.21. The summed E-state index contributed by atoms with van der Waals surface area (Å²) in [6.07, 6.45) is 4.84. The summed E-state index contributed by atoms with van der Waals surface area (Å²) in [5, 5.41) is 4.44. The molecule has 0 aliphatic carbocycles. The van der Waals surface area contributed by atoms with Crippen molar-refractivity contribution in [2.24, 2.45) is 5.92 Å². The summed E-state index contributed by atoms with van der Waals surface area (Å²) < 4.78 is 0. The third kappa shape index (κ3) is 5.29. The van der Waals surface area contributed by atoms with Crippen LogP contribution in [-0.4, -0.2) is 28.8 Å². The van der Waals surface area contributed by atoms with Gasteiger partial charge >= 0.3 is 0 Å². The first-order valence-corrected chi connectivity index (χ1v) is 6.10. The van der Waals surface area contributed by atoms with Crippen molar-refractivity contribution < 1.29 is 0 Å². The maximum atomic E-state index is 4.15. The van der Waals surface area contributed by atoms with Crippen molar-refractivity contribution >= 4 is 11.8 Å². The second-order valence-corrected chi connectivity index (χ2v) is 4.78. The Morgan fingerprint density at radius 3 is 3.07 bits per heavy atom. The molecule has 3 nitrogen and oxygen atoms in total. The summed E-state index contributed by atoms with van der Waals surface area (Å²) in [5.74, 6) is 1.87. The number of hydrogen-bond acceptors (Lipinski definition) is 3. The molecule has 4 heteroatoms. The van der Waals surface area contributed by atoms with Crippen molar-refractivity contribution in [3.8, 4) is 0 Å². The summed E-state index contributed by atoms with van der Waals surface area (Å²) in [6, 6.07) is 0. The van der Waals surface area contributed by atoms with Gasteiger partial charge in [-0.05, 0) is 25.4 Å². The van der Waals surface area contributed by atoms with Crippen molar-refractivity contribution in [3.63, 3.8) is 0 Å². The van der Waals surface area contributed by atoms with Crippen molar-refractivity contribution in [3.05, 3.63) is 12.4 Å². The minimum atomic E-state index is 0.743. The van der Waals surface area contributed by atoms with Gasteiger partial charge < -0.3 is 10.3 Å². The molecule has 1 aromatic rings. The van der Waals surface area contributed by atoms with E-state index in [-0.39, 0.29) is 0 Å². The summed E-state index contributed by atoms with van der Waals surface area (Å²) in [5.41, 5.74) is 0. The van der Waals surface area contributed by atoms with Crippen LogP contribution < -0.4 is 5.32 Å². The predicted octanol–water partition coefficient (Wildman–Crippen LogP) is 2.14. The number of hydrogen-bond donors (Lipinski definition) is 2. The molecule has 0 atom stereocenters. The number of rotatable bonds is 7. The molecule has 0 spiro atoms. The van der Waals surface area contributed by atoms with Gasteiger partial charge in [0, 0.05) is 18.1 Å². The van der Waals surface area contributed by atoms with Crippen LogP contribution >= 0.6 is 11.8 Å². The molecule has 0 fully saturated rings. The van der Waals surface area contributed by atoms with Gasteiger partial charge in [-0.2, -0.15) is 0 Å². The van der Waals surface area contributed by atoms with E-state index in [1.165, 1.54) is 6.42 Å². The van der Waals surface area contributed by atoms with Gasteiger partial charge in [-0.15, -0.1) is 0 Å². The molecule has 0 aliphatic rings. The molecule has 80 valence electrons. The van der Waals surface area contributed by atoms with E-state index < -0.39 is 0 Å². The zero-order valence-electron chi connectivity index (χ0n) is 8.92. The monoisotopic (exact) mass is 213 g/mol. The highest BCUT2D eigenvalue weighted by atomic mass is 32.2. The maximum absolute atomic E-state index is 4.15. The van der Waals surface area contributed by atoms with Crippen LogP contribution in [0.2, 0.25) is 0 Å². The van der Waals surface area contributed by atoms with Crippen LogP contribution in [0, 0.1) is 5.92 Å². The van der Waals surface area contributed by atoms with Crippen LogP contribution in [0.15, 0.2) is 17.6 Å². The second kappa shape index (κ2) is 6.90. The van der Waals surface area contributed by atoms with E-state index >= 15 is 0 Å². The lowest BCUT2D eigenvalue weighted by Gasteiger charge is -2.06. The predicted molar refractivity (Wildman–Crippen MR) is 61.6 cm³/mol. The zero-order chi connectivity index (χ0) is 10.2. The van der Waals surface area contributed by atoms with E-state index in [4.69, 9.17) is 0 Å². The van der Waals surface area contributed by atoms with Crippen molar-refractivity contribution in [1.82, 2.24) is 15.3 Å². The summed E-state index contributed by atoms with van der Waals surface area (Å²) >= 11 is 1.78. The Labute approximate surface area is 90.1 Å². The first-order valence-electron chi connectivity index (χ1n) is 5.12. The largest absolute Gasteiger partial charge is 0.340 e. The zero-order valence-corrected chi connectivity index (χ0v) is 9.73. The van der Waals surface area contributed by atoms with Gasteiger partial charge in [0.15, 0.2) is 5.16 Å². The fourth-order valence-corrected chi connectivity index (χ4v) is 1.86. The summed E-state index contributed by atoms with van der Waals surface area (Å²) in [7, 11) is 0. The highest BCUT2D eigenvalue weighted by Crippen LogP contribution is 2.11. The van der Waals surface area contributed by atoms with E-state index in [1.54, 1.807) is 18.0 Å². The Hall–Kier alpha value is -0.480. The van der Waals surface area contributed by atoms with E-state index in [9.17, 15) is 0 Å². The highest BCUT2D eigenvalue weighted by Gasteiger charge is 1.95. The minimum Gasteiger partial charge on any atom is -0.340 e. The lowest BCUT2D eigenvalue weighted by molar-refractivity contribution is 0.551. The van der Waals surface area contributed by atoms with E-state index in [0.29, 0.717) is 0 Å². The van der Waals surface area contributed by atoms with Gasteiger partial charge in [-0.1, -0.05) is 25.6 Å². The van der Waals surface area contributed by atoms with Crippen LogP contribution in [-0.2, 0) is 0 Å². The summed E-state index contributed by atoms with van der Waals surface area (Å²) in [6.45, 7) is 6.67. The van der Waals surface area contributed by atoms with Crippen LogP contribution in [0.1, 0.15) is 20.3 Å². The van der Waals surface area contributed by atoms with Gasteiger partial charge in [0.25, 0.3) is 0 Å². The normalized spacial score (nSPS) is 11.1. The van der Waals surface area contributed by atoms with Crippen molar-refractivity contribution in [2.45, 2.75) is 25.4 Å². The van der Waals surface area contributed by atoms with E-state index in [0.717, 1.165) is 29.9 Å². The SMILES string of the molecule is CC(C)CNCCCSc1ncc[nH]1. The smallest absolute Gasteiger partial charge is 0.165 e. The summed E-state index contributed by atoms with van der Waals surface area (Å²) in [4.78, 5) is 7.23. The molecule has 1 rings (SSSR count). The average molecular weight is 213 g/mol. The first kappa shape index (κ1) is 11.6. The van der Waals surface area contributed by atoms with Gasteiger partial charge in [0.1, 0.15) is 0 Å². The molecular weight excluding hydrogens is 194 g/mol. The number of imidazole rings is 1. The van der Waals surface area contributed by atoms with Gasteiger partial charge in [0.05, 0.1) is 0 Å². The third-order valence-electron chi connectivity index (χ3n) is 1.76. The van der Waals surface area contributed by atoms with Gasteiger partial charge in [-0.25, -0.2) is 4.98 Å². The van der Waals surface area contributed by atoms with Gasteiger partial charge in [-0.3, -0.25) is 0 Å². The molecule has 2 N–H and O–H groups in total. The Kier molecular flexibility index (Phi) is 5.71. The van der Waals surface area contributed by atoms with Crippen LogP contribution in [0.5, 0.6) is 0 Å². The number of aromatic amines is 1. The van der Waals surface area contributed by atoms with E-state index in [2.05, 4.69) is 29.1 Å². The molecule has 1 heterocycles. The molecule has 0 saturated carbocycles. The van der Waals surface area contributed by atoms with Crippen LogP contribution in [0.3, 0.4) is 0 Å². The topological polar surface area (TPSA) is 40.7 Å². The standard InChI is InChI=1S/C10H19N3S/c1-9(2)8-11-4-3-7-14-10-12-5-6-13-10/h5-6,9,11H,3-4,7-8H2,1-2H3,(H,12,13). The lowest BCUT2D eigenvalue weighted by atomic mass is 10.2. The Morgan fingerprint density at radius 1 is 1.57 bits per heavy atom. The molecule has 0 bridgehead atoms. The molecule has 0 aliphatic heterocycles. The number of nitrogens with one attached hydrogen (secondary N) is 2. The van der Waals surface area contributed by atoms with E-state index in [1.807, 2.05) is 6.20 Å². The average Bonchev–Trinajstić information content (AvgIpc) is 2.63. The Morgan fingerprint density at radius 2 is 2.43 bits per heavy atom. The Balaban J connectivity index is 1.90. The molecule has 14 heavy (non-hydrogen) atoms. The Bertz CT molecular complexity index is 221. The molecule has 0 aromatic carbocycles. The minimum absolute atomic E-state index is 0.743. The molecule has 0 unspecified atom stereocenters. The maximum Gasteiger partial charge on any atom is 0.165 e. The number of nitrogens with zero attached hydrogens (tertiary/aromatic N) is 1. The number of H-pyrrole nitrogens is 1. The number of aromatic nitrogens is 2. The molecule has 0 amide bonds.